The normalized spacial score (nSPS) is 14.7. The Morgan fingerprint density at radius 1 is 0.900 bits per heavy atom. The van der Waals surface area contributed by atoms with Gasteiger partial charge in [0.25, 0.3) is 0 Å². The highest BCUT2D eigenvalue weighted by Crippen LogP contribution is 2.42. The van der Waals surface area contributed by atoms with E-state index in [-0.39, 0.29) is 13.2 Å². The fourth-order valence-electron chi connectivity index (χ4n) is 2.95. The molecular weight excluding hydrogens is 454 g/mol. The highest BCUT2D eigenvalue weighted by Gasteiger charge is 2.37. The fraction of sp³-hybridized carbons (Fsp3) is 0.455. The van der Waals surface area contributed by atoms with Gasteiger partial charge in [-0.25, -0.2) is 9.59 Å². The summed E-state index contributed by atoms with van der Waals surface area (Å²) in [6.07, 6.45) is -0.233. The molecule has 1 aromatic rings. The molecule has 0 aromatic heterocycles. The molecule has 2 rings (SSSR count). The lowest BCUT2D eigenvalue weighted by Crippen LogP contribution is -2.30. The lowest BCUT2D eigenvalue weighted by Gasteiger charge is -2.35. The summed E-state index contributed by atoms with van der Waals surface area (Å²) in [6, 6.07) is 7.50. The lowest BCUT2D eigenvalue weighted by atomic mass is 9.90. The third-order valence-corrected chi connectivity index (χ3v) is 5.21. The molecule has 7 nitrogen and oxygen atoms in total. The fourth-order valence-corrected chi connectivity index (χ4v) is 3.22. The molecule has 1 aromatic carbocycles. The van der Waals surface area contributed by atoms with Gasteiger partial charge in [-0.2, -0.15) is 0 Å². The number of nitrogens with zero attached hydrogens (tertiary/aromatic N) is 1. The molecule has 164 valence electrons. The van der Waals surface area contributed by atoms with Gasteiger partial charge >= 0.3 is 12.3 Å². The summed E-state index contributed by atoms with van der Waals surface area (Å²) in [7, 11) is 1.81. The summed E-state index contributed by atoms with van der Waals surface area (Å²) in [4.78, 5) is 26.3. The van der Waals surface area contributed by atoms with Crippen LogP contribution >= 0.6 is 15.9 Å². The number of benzene rings is 1. The maximum absolute atomic E-state index is 12.3. The molecule has 0 N–H and O–H groups in total. The van der Waals surface area contributed by atoms with Gasteiger partial charge in [-0.15, -0.1) is 0 Å². The number of carbonyl (C=O) groups excluding carboxylic acids is 2. The Morgan fingerprint density at radius 2 is 1.33 bits per heavy atom. The molecule has 0 aliphatic carbocycles. The molecule has 30 heavy (non-hydrogen) atoms. The minimum Gasteiger partial charge on any atom is -0.434 e. The van der Waals surface area contributed by atoms with E-state index >= 15 is 0 Å². The number of ether oxygens (including phenoxy) is 4. The van der Waals surface area contributed by atoms with Gasteiger partial charge in [0.15, 0.2) is 0 Å². The van der Waals surface area contributed by atoms with Crippen LogP contribution in [-0.2, 0) is 18.9 Å². The van der Waals surface area contributed by atoms with Crippen LogP contribution in [0.25, 0.3) is 0 Å². The van der Waals surface area contributed by atoms with Crippen LogP contribution in [0, 0.1) is 0 Å². The molecule has 1 aliphatic rings. The van der Waals surface area contributed by atoms with Gasteiger partial charge in [-0.1, -0.05) is 41.9 Å². The van der Waals surface area contributed by atoms with E-state index in [0.717, 1.165) is 10.0 Å². The number of halogens is 1. The molecule has 1 heterocycles. The second-order valence-electron chi connectivity index (χ2n) is 6.84. The van der Waals surface area contributed by atoms with Gasteiger partial charge in [-0.05, 0) is 44.4 Å². The minimum atomic E-state index is -0.797. The van der Waals surface area contributed by atoms with Crippen LogP contribution in [0.5, 0.6) is 0 Å². The molecule has 0 radical (unpaired) electrons. The zero-order chi connectivity index (χ0) is 22.3. The quantitative estimate of drug-likeness (QED) is 0.437. The van der Waals surface area contributed by atoms with Crippen LogP contribution in [0.2, 0.25) is 0 Å². The second-order valence-corrected chi connectivity index (χ2v) is 7.76. The Balaban J connectivity index is 2.48. The minimum absolute atomic E-state index is 0.255. The molecule has 0 saturated heterocycles. The van der Waals surface area contributed by atoms with E-state index in [2.05, 4.69) is 15.9 Å². The van der Waals surface area contributed by atoms with E-state index in [9.17, 15) is 9.59 Å². The van der Waals surface area contributed by atoms with Gasteiger partial charge in [0.2, 0.25) is 0 Å². The van der Waals surface area contributed by atoms with Gasteiger partial charge in [-0.3, -0.25) is 0 Å². The predicted octanol–water partition coefficient (Wildman–Crippen LogP) is 6.07. The van der Waals surface area contributed by atoms with Crippen LogP contribution in [0.15, 0.2) is 51.7 Å². The standard InChI is InChI=1S/C22H28BrNO6/c1-6-12-27-21(25)29-19-14(3)24(5)15(4)20(30-22(26)28-13-7-2)18(19)16-8-10-17(23)11-9-16/h8-11,18H,6-7,12-13H2,1-5H3. The first kappa shape index (κ1) is 23.8. The Kier molecular flexibility index (Phi) is 8.77. The van der Waals surface area contributed by atoms with Gasteiger partial charge in [0, 0.05) is 11.5 Å². The summed E-state index contributed by atoms with van der Waals surface area (Å²) >= 11 is 3.43. The first-order valence-corrected chi connectivity index (χ1v) is 10.7. The second kappa shape index (κ2) is 11.1. The van der Waals surface area contributed by atoms with Crippen molar-refractivity contribution >= 4 is 28.2 Å². The van der Waals surface area contributed by atoms with Crippen molar-refractivity contribution in [1.29, 1.82) is 0 Å². The summed E-state index contributed by atoms with van der Waals surface area (Å²) in [5, 5.41) is 0. The van der Waals surface area contributed by atoms with Crippen molar-refractivity contribution in [3.63, 3.8) is 0 Å². The van der Waals surface area contributed by atoms with E-state index in [1.54, 1.807) is 4.90 Å². The first-order chi connectivity index (χ1) is 14.3. The van der Waals surface area contributed by atoms with Crippen LogP contribution in [0.3, 0.4) is 0 Å². The largest absolute Gasteiger partial charge is 0.513 e. The summed E-state index contributed by atoms with van der Waals surface area (Å²) in [5.41, 5.74) is 2.22. The monoisotopic (exact) mass is 481 g/mol. The van der Waals surface area contributed by atoms with Crippen molar-refractivity contribution in [2.75, 3.05) is 20.3 Å². The summed E-state index contributed by atoms with van der Waals surface area (Å²) < 4.78 is 22.3. The van der Waals surface area contributed by atoms with Gasteiger partial charge in [0.1, 0.15) is 17.4 Å². The molecule has 1 aliphatic heterocycles. The van der Waals surface area contributed by atoms with Crippen LogP contribution in [0.1, 0.15) is 52.0 Å². The van der Waals surface area contributed by atoms with Crippen molar-refractivity contribution < 1.29 is 28.5 Å². The number of carbonyl (C=O) groups is 2. The zero-order valence-corrected chi connectivity index (χ0v) is 19.6. The van der Waals surface area contributed by atoms with Gasteiger partial charge in [0.05, 0.1) is 24.6 Å². The third kappa shape index (κ3) is 5.78. The topological polar surface area (TPSA) is 74.3 Å². The molecule has 0 atom stereocenters. The number of rotatable bonds is 7. The van der Waals surface area contributed by atoms with Crippen molar-refractivity contribution in [2.45, 2.75) is 46.5 Å². The van der Waals surface area contributed by atoms with E-state index in [4.69, 9.17) is 18.9 Å². The lowest BCUT2D eigenvalue weighted by molar-refractivity contribution is 0.0580. The SMILES string of the molecule is CCCOC(=O)OC1=C(C)N(C)C(C)=C(OC(=O)OCCC)C1c1ccc(Br)cc1. The van der Waals surface area contributed by atoms with E-state index in [1.165, 1.54) is 0 Å². The Morgan fingerprint density at radius 3 is 1.73 bits per heavy atom. The summed E-state index contributed by atoms with van der Waals surface area (Å²) in [6.45, 7) is 7.98. The average molecular weight is 482 g/mol. The van der Waals surface area contributed by atoms with Crippen molar-refractivity contribution in [1.82, 2.24) is 4.90 Å². The Bertz CT molecular complexity index is 785. The van der Waals surface area contributed by atoms with Crippen LogP contribution in [-0.4, -0.2) is 37.5 Å². The molecule has 0 saturated carbocycles. The smallest absolute Gasteiger partial charge is 0.434 e. The maximum atomic E-state index is 12.3. The number of hydrogen-bond donors (Lipinski definition) is 0. The molecule has 0 spiro atoms. The molecule has 0 amide bonds. The Labute approximate surface area is 185 Å². The zero-order valence-electron chi connectivity index (χ0n) is 18.0. The maximum Gasteiger partial charge on any atom is 0.513 e. The molecule has 0 unspecified atom stereocenters. The number of allylic oxidation sites excluding steroid dienone is 2. The van der Waals surface area contributed by atoms with Crippen LogP contribution < -0.4 is 0 Å². The van der Waals surface area contributed by atoms with Crippen molar-refractivity contribution in [3.8, 4) is 0 Å². The molecule has 0 fully saturated rings. The molecular formula is C22H28BrNO6. The highest BCUT2D eigenvalue weighted by atomic mass is 79.9. The average Bonchev–Trinajstić information content (AvgIpc) is 2.73. The summed E-state index contributed by atoms with van der Waals surface area (Å²) in [5.74, 6) is 0.0623. The van der Waals surface area contributed by atoms with E-state index < -0.39 is 18.2 Å². The highest BCUT2D eigenvalue weighted by molar-refractivity contribution is 9.10. The predicted molar refractivity (Wildman–Crippen MR) is 115 cm³/mol. The first-order valence-electron chi connectivity index (χ1n) is 9.90. The van der Waals surface area contributed by atoms with E-state index in [1.807, 2.05) is 59.0 Å². The van der Waals surface area contributed by atoms with Gasteiger partial charge < -0.3 is 23.8 Å². The molecule has 8 heteroatoms. The van der Waals surface area contributed by atoms with Crippen molar-refractivity contribution in [2.24, 2.45) is 0 Å². The Hall–Kier alpha value is -2.48. The molecule has 0 bridgehead atoms. The van der Waals surface area contributed by atoms with Crippen LogP contribution in [0.4, 0.5) is 9.59 Å². The van der Waals surface area contributed by atoms with E-state index in [0.29, 0.717) is 35.8 Å². The third-order valence-electron chi connectivity index (χ3n) is 4.68. The number of hydrogen-bond acceptors (Lipinski definition) is 7. The van der Waals surface area contributed by atoms with Crippen molar-refractivity contribution in [3.05, 3.63) is 57.2 Å².